The highest BCUT2D eigenvalue weighted by atomic mass is 32.1. The zero-order valence-electron chi connectivity index (χ0n) is 13.6. The zero-order valence-corrected chi connectivity index (χ0v) is 14.4. The molecule has 3 heteroatoms. The maximum Gasteiger partial charge on any atom is 0.124 e. The van der Waals surface area contributed by atoms with E-state index in [2.05, 4.69) is 56.6 Å². The molecule has 0 radical (unpaired) electrons. The Morgan fingerprint density at radius 2 is 1.95 bits per heavy atom. The van der Waals surface area contributed by atoms with Crippen molar-refractivity contribution in [3.8, 4) is 5.75 Å². The van der Waals surface area contributed by atoms with Gasteiger partial charge in [0.25, 0.3) is 0 Å². The van der Waals surface area contributed by atoms with Crippen molar-refractivity contribution in [3.63, 3.8) is 0 Å². The third-order valence-corrected chi connectivity index (χ3v) is 4.85. The van der Waals surface area contributed by atoms with Crippen LogP contribution in [-0.2, 0) is 0 Å². The molecule has 0 saturated heterocycles. The smallest absolute Gasteiger partial charge is 0.124 e. The number of rotatable bonds is 6. The summed E-state index contributed by atoms with van der Waals surface area (Å²) in [6.45, 7) is 9.67. The van der Waals surface area contributed by atoms with Gasteiger partial charge >= 0.3 is 0 Å². The Morgan fingerprint density at radius 3 is 2.52 bits per heavy atom. The predicted molar refractivity (Wildman–Crippen MR) is 91.7 cm³/mol. The SMILES string of the molecule is CCCNC(c1sccc1C)c1c(C)cc(C)cc1OC. The first-order chi connectivity index (χ1) is 10.1. The molecule has 0 aliphatic heterocycles. The third-order valence-electron chi connectivity index (χ3n) is 3.76. The number of benzene rings is 1. The van der Waals surface area contributed by atoms with Crippen LogP contribution in [-0.4, -0.2) is 13.7 Å². The summed E-state index contributed by atoms with van der Waals surface area (Å²) in [7, 11) is 1.76. The number of nitrogens with one attached hydrogen (secondary N) is 1. The summed E-state index contributed by atoms with van der Waals surface area (Å²) in [6.07, 6.45) is 1.12. The predicted octanol–water partition coefficient (Wildman–Crippen LogP) is 4.77. The lowest BCUT2D eigenvalue weighted by Gasteiger charge is -2.24. The molecule has 0 amide bonds. The van der Waals surface area contributed by atoms with Gasteiger partial charge in [0.2, 0.25) is 0 Å². The van der Waals surface area contributed by atoms with Crippen LogP contribution in [0.4, 0.5) is 0 Å². The highest BCUT2D eigenvalue weighted by Gasteiger charge is 2.22. The van der Waals surface area contributed by atoms with Crippen molar-refractivity contribution in [1.29, 1.82) is 0 Å². The lowest BCUT2D eigenvalue weighted by Crippen LogP contribution is -2.24. The number of hydrogen-bond acceptors (Lipinski definition) is 3. The Morgan fingerprint density at radius 1 is 1.19 bits per heavy atom. The molecule has 1 atom stereocenters. The van der Waals surface area contributed by atoms with Gasteiger partial charge < -0.3 is 10.1 Å². The average molecular weight is 303 g/mol. The van der Waals surface area contributed by atoms with Crippen molar-refractivity contribution in [3.05, 3.63) is 50.7 Å². The Balaban J connectivity index is 2.54. The van der Waals surface area contributed by atoms with Crippen molar-refractivity contribution in [2.45, 2.75) is 40.2 Å². The van der Waals surface area contributed by atoms with E-state index in [0.29, 0.717) is 0 Å². The fourth-order valence-corrected chi connectivity index (χ4v) is 3.78. The van der Waals surface area contributed by atoms with E-state index in [1.54, 1.807) is 7.11 Å². The summed E-state index contributed by atoms with van der Waals surface area (Å²) >= 11 is 1.82. The average Bonchev–Trinajstić information content (AvgIpc) is 2.86. The van der Waals surface area contributed by atoms with Gasteiger partial charge in [-0.1, -0.05) is 13.0 Å². The van der Waals surface area contributed by atoms with Crippen LogP contribution in [0.1, 0.15) is 46.5 Å². The number of thiophene rings is 1. The maximum absolute atomic E-state index is 5.67. The van der Waals surface area contributed by atoms with E-state index < -0.39 is 0 Å². The van der Waals surface area contributed by atoms with Crippen LogP contribution in [0.15, 0.2) is 23.6 Å². The second kappa shape index (κ2) is 7.10. The fraction of sp³-hybridized carbons (Fsp3) is 0.444. The first-order valence-electron chi connectivity index (χ1n) is 7.51. The highest BCUT2D eigenvalue weighted by Crippen LogP contribution is 2.37. The second-order valence-electron chi connectivity index (χ2n) is 5.55. The monoisotopic (exact) mass is 303 g/mol. The first kappa shape index (κ1) is 16.1. The van der Waals surface area contributed by atoms with E-state index in [1.165, 1.54) is 27.1 Å². The molecule has 0 aliphatic carbocycles. The Bertz CT molecular complexity index is 603. The van der Waals surface area contributed by atoms with E-state index in [4.69, 9.17) is 4.74 Å². The first-order valence-corrected chi connectivity index (χ1v) is 8.39. The van der Waals surface area contributed by atoms with Crippen molar-refractivity contribution in [2.24, 2.45) is 0 Å². The molecule has 1 N–H and O–H groups in total. The van der Waals surface area contributed by atoms with Crippen LogP contribution in [0.2, 0.25) is 0 Å². The molecule has 2 nitrogen and oxygen atoms in total. The van der Waals surface area contributed by atoms with Gasteiger partial charge in [-0.3, -0.25) is 0 Å². The molecular formula is C18H25NOS. The molecule has 1 aromatic heterocycles. The minimum atomic E-state index is 0.209. The summed E-state index contributed by atoms with van der Waals surface area (Å²) in [5, 5.41) is 5.86. The third kappa shape index (κ3) is 3.47. The molecule has 0 spiro atoms. The van der Waals surface area contributed by atoms with Crippen LogP contribution in [0.3, 0.4) is 0 Å². The van der Waals surface area contributed by atoms with Crippen LogP contribution in [0.25, 0.3) is 0 Å². The van der Waals surface area contributed by atoms with Gasteiger partial charge in [-0.05, 0) is 67.9 Å². The van der Waals surface area contributed by atoms with Crippen LogP contribution in [0, 0.1) is 20.8 Å². The molecule has 114 valence electrons. The molecule has 1 unspecified atom stereocenters. The van der Waals surface area contributed by atoms with E-state index in [1.807, 2.05) is 11.3 Å². The fourth-order valence-electron chi connectivity index (χ4n) is 2.77. The van der Waals surface area contributed by atoms with E-state index >= 15 is 0 Å². The second-order valence-corrected chi connectivity index (χ2v) is 6.50. The van der Waals surface area contributed by atoms with Crippen molar-refractivity contribution in [1.82, 2.24) is 5.32 Å². The van der Waals surface area contributed by atoms with E-state index in [9.17, 15) is 0 Å². The lowest BCUT2D eigenvalue weighted by atomic mass is 9.95. The molecular weight excluding hydrogens is 278 g/mol. The maximum atomic E-state index is 5.67. The van der Waals surface area contributed by atoms with E-state index in [0.717, 1.165) is 18.7 Å². The molecule has 0 fully saturated rings. The van der Waals surface area contributed by atoms with Gasteiger partial charge in [0.05, 0.1) is 13.2 Å². The van der Waals surface area contributed by atoms with E-state index in [-0.39, 0.29) is 6.04 Å². The quantitative estimate of drug-likeness (QED) is 0.830. The van der Waals surface area contributed by atoms with Gasteiger partial charge in [0.15, 0.2) is 0 Å². The van der Waals surface area contributed by atoms with Crippen LogP contribution in [0.5, 0.6) is 5.75 Å². The zero-order chi connectivity index (χ0) is 15.4. The normalized spacial score (nSPS) is 12.4. The minimum absolute atomic E-state index is 0.209. The number of ether oxygens (including phenoxy) is 1. The molecule has 1 heterocycles. The Labute approximate surface area is 132 Å². The number of aryl methyl sites for hydroxylation is 3. The Hall–Kier alpha value is -1.32. The summed E-state index contributed by atoms with van der Waals surface area (Å²) in [5.41, 5.74) is 5.14. The topological polar surface area (TPSA) is 21.3 Å². The molecule has 0 bridgehead atoms. The van der Waals surface area contributed by atoms with Gasteiger partial charge in [-0.15, -0.1) is 11.3 Å². The van der Waals surface area contributed by atoms with Crippen molar-refractivity contribution in [2.75, 3.05) is 13.7 Å². The summed E-state index contributed by atoms with van der Waals surface area (Å²) in [6, 6.07) is 6.77. The van der Waals surface area contributed by atoms with Crippen LogP contribution < -0.4 is 10.1 Å². The van der Waals surface area contributed by atoms with Gasteiger partial charge in [-0.25, -0.2) is 0 Å². The van der Waals surface area contributed by atoms with Gasteiger partial charge in [-0.2, -0.15) is 0 Å². The van der Waals surface area contributed by atoms with Gasteiger partial charge in [0, 0.05) is 10.4 Å². The van der Waals surface area contributed by atoms with Crippen molar-refractivity contribution >= 4 is 11.3 Å². The molecule has 0 saturated carbocycles. The molecule has 21 heavy (non-hydrogen) atoms. The Kier molecular flexibility index (Phi) is 5.43. The summed E-state index contributed by atoms with van der Waals surface area (Å²) in [5.74, 6) is 0.980. The minimum Gasteiger partial charge on any atom is -0.496 e. The molecule has 1 aromatic carbocycles. The highest BCUT2D eigenvalue weighted by molar-refractivity contribution is 7.10. The largest absolute Gasteiger partial charge is 0.496 e. The van der Waals surface area contributed by atoms with Crippen molar-refractivity contribution < 1.29 is 4.74 Å². The summed E-state index contributed by atoms with van der Waals surface area (Å²) in [4.78, 5) is 1.38. The standard InChI is InChI=1S/C18H25NOS/c1-6-8-19-17(18-13(3)7-9-21-18)16-14(4)10-12(2)11-15(16)20-5/h7,9-11,17,19H,6,8H2,1-5H3. The molecule has 2 rings (SSSR count). The number of methoxy groups -OCH3 is 1. The number of hydrogen-bond donors (Lipinski definition) is 1. The van der Waals surface area contributed by atoms with Gasteiger partial charge in [0.1, 0.15) is 5.75 Å². The molecule has 2 aromatic rings. The molecule has 0 aliphatic rings. The van der Waals surface area contributed by atoms with Crippen LogP contribution >= 0.6 is 11.3 Å². The summed E-state index contributed by atoms with van der Waals surface area (Å²) < 4.78 is 5.67. The lowest BCUT2D eigenvalue weighted by molar-refractivity contribution is 0.403.